The highest BCUT2D eigenvalue weighted by molar-refractivity contribution is 7.99. The Kier molecular flexibility index (Phi) is 6.82. The minimum absolute atomic E-state index is 0.145. The fourth-order valence-electron chi connectivity index (χ4n) is 3.09. The second-order valence-corrected chi connectivity index (χ2v) is 7.88. The van der Waals surface area contributed by atoms with Crippen molar-refractivity contribution in [2.24, 2.45) is 0 Å². The summed E-state index contributed by atoms with van der Waals surface area (Å²) in [4.78, 5) is 12.5. The van der Waals surface area contributed by atoms with Crippen LogP contribution in [0.15, 0.2) is 41.6 Å². The van der Waals surface area contributed by atoms with E-state index >= 15 is 0 Å². The van der Waals surface area contributed by atoms with Gasteiger partial charge in [0.1, 0.15) is 5.75 Å². The average Bonchev–Trinajstić information content (AvgIpc) is 3.11. The van der Waals surface area contributed by atoms with Crippen LogP contribution in [0, 0.1) is 13.8 Å². The van der Waals surface area contributed by atoms with E-state index in [0.29, 0.717) is 28.2 Å². The van der Waals surface area contributed by atoms with Crippen LogP contribution in [0.25, 0.3) is 11.4 Å². The molecule has 0 fully saturated rings. The summed E-state index contributed by atoms with van der Waals surface area (Å²) in [6, 6.07) is 11.5. The number of thioether (sulfide) groups is 1. The van der Waals surface area contributed by atoms with Gasteiger partial charge in [0.25, 0.3) is 0 Å². The molecular weight excluding hydrogens is 408 g/mol. The molecule has 2 aromatic carbocycles. The minimum atomic E-state index is -0.145. The van der Waals surface area contributed by atoms with Crippen molar-refractivity contribution in [1.29, 1.82) is 0 Å². The highest BCUT2D eigenvalue weighted by Gasteiger charge is 2.18. The molecule has 0 aliphatic rings. The number of aryl methyl sites for hydroxylation is 2. The Balaban J connectivity index is 1.75. The molecular formula is C21H23ClN4O2S. The van der Waals surface area contributed by atoms with Crippen molar-refractivity contribution in [3.63, 3.8) is 0 Å². The Bertz CT molecular complexity index is 1010. The molecule has 0 aliphatic heterocycles. The van der Waals surface area contributed by atoms with Crippen molar-refractivity contribution in [2.75, 3.05) is 18.2 Å². The molecule has 1 aromatic heterocycles. The highest BCUT2D eigenvalue weighted by atomic mass is 35.5. The number of rotatable bonds is 7. The number of halogens is 1. The van der Waals surface area contributed by atoms with Crippen molar-refractivity contribution in [3.8, 4) is 17.1 Å². The number of nitrogens with one attached hydrogen (secondary N) is 1. The second kappa shape index (κ2) is 9.33. The fraction of sp³-hybridized carbons (Fsp3) is 0.286. The quantitative estimate of drug-likeness (QED) is 0.535. The number of nitrogens with zero attached hydrogens (tertiary/aromatic N) is 3. The number of carbonyl (C=O) groups is 1. The van der Waals surface area contributed by atoms with E-state index in [0.717, 1.165) is 22.4 Å². The summed E-state index contributed by atoms with van der Waals surface area (Å²) in [7, 11) is 1.63. The summed E-state index contributed by atoms with van der Waals surface area (Å²) >= 11 is 7.62. The van der Waals surface area contributed by atoms with Gasteiger partial charge in [-0.1, -0.05) is 41.6 Å². The van der Waals surface area contributed by atoms with E-state index in [1.165, 1.54) is 11.8 Å². The standard InChI is InChI=1S/C21H23ClN4O2S/c1-5-26-20(15-8-6-7-9-17(15)28-4)24-25-21(26)29-12-18(27)23-19-14(3)10-13(2)11-16(19)22/h6-11H,5,12H2,1-4H3,(H,23,27). The predicted octanol–water partition coefficient (Wildman–Crippen LogP) is 4.97. The van der Waals surface area contributed by atoms with Gasteiger partial charge in [-0.05, 0) is 50.1 Å². The number of anilines is 1. The van der Waals surface area contributed by atoms with Crippen LogP contribution in [0.4, 0.5) is 5.69 Å². The first-order valence-corrected chi connectivity index (χ1v) is 10.6. The molecule has 0 unspecified atom stereocenters. The molecule has 1 N–H and O–H groups in total. The fourth-order valence-corrected chi connectivity index (χ4v) is 4.26. The maximum absolute atomic E-state index is 12.5. The van der Waals surface area contributed by atoms with Gasteiger partial charge in [-0.2, -0.15) is 0 Å². The van der Waals surface area contributed by atoms with E-state index in [1.807, 2.05) is 61.7 Å². The van der Waals surface area contributed by atoms with Crippen molar-refractivity contribution in [3.05, 3.63) is 52.5 Å². The molecule has 3 rings (SSSR count). The lowest BCUT2D eigenvalue weighted by Crippen LogP contribution is -2.16. The summed E-state index contributed by atoms with van der Waals surface area (Å²) < 4.78 is 7.41. The lowest BCUT2D eigenvalue weighted by Gasteiger charge is -2.12. The molecule has 8 heteroatoms. The summed E-state index contributed by atoms with van der Waals surface area (Å²) in [5.41, 5.74) is 3.50. The molecule has 0 bridgehead atoms. The lowest BCUT2D eigenvalue weighted by atomic mass is 10.1. The maximum Gasteiger partial charge on any atom is 0.234 e. The van der Waals surface area contributed by atoms with Crippen LogP contribution < -0.4 is 10.1 Å². The molecule has 0 radical (unpaired) electrons. The summed E-state index contributed by atoms with van der Waals surface area (Å²) in [6.07, 6.45) is 0. The maximum atomic E-state index is 12.5. The smallest absolute Gasteiger partial charge is 0.234 e. The van der Waals surface area contributed by atoms with Gasteiger partial charge in [0.2, 0.25) is 5.91 Å². The SMILES string of the molecule is CCn1c(SCC(=O)Nc2c(C)cc(C)cc2Cl)nnc1-c1ccccc1OC. The van der Waals surface area contributed by atoms with Crippen LogP contribution in [-0.2, 0) is 11.3 Å². The zero-order valence-corrected chi connectivity index (χ0v) is 18.4. The van der Waals surface area contributed by atoms with Crippen LogP contribution in [0.1, 0.15) is 18.1 Å². The first kappa shape index (κ1) is 21.2. The normalized spacial score (nSPS) is 10.8. The minimum Gasteiger partial charge on any atom is -0.496 e. The molecule has 0 atom stereocenters. The van der Waals surface area contributed by atoms with Gasteiger partial charge in [0, 0.05) is 6.54 Å². The molecule has 1 amide bonds. The zero-order chi connectivity index (χ0) is 21.0. The Hall–Kier alpha value is -2.51. The number of para-hydroxylation sites is 1. The average molecular weight is 431 g/mol. The zero-order valence-electron chi connectivity index (χ0n) is 16.8. The van der Waals surface area contributed by atoms with Crippen molar-refractivity contribution < 1.29 is 9.53 Å². The Morgan fingerprint density at radius 3 is 2.69 bits per heavy atom. The topological polar surface area (TPSA) is 69.0 Å². The van der Waals surface area contributed by atoms with Crippen LogP contribution in [0.2, 0.25) is 5.02 Å². The number of hydrogen-bond acceptors (Lipinski definition) is 5. The highest BCUT2D eigenvalue weighted by Crippen LogP contribution is 2.31. The Morgan fingerprint density at radius 1 is 1.24 bits per heavy atom. The largest absolute Gasteiger partial charge is 0.496 e. The molecule has 29 heavy (non-hydrogen) atoms. The van der Waals surface area contributed by atoms with Gasteiger partial charge in [-0.15, -0.1) is 10.2 Å². The van der Waals surface area contributed by atoms with Crippen LogP contribution in [0.5, 0.6) is 5.75 Å². The molecule has 152 valence electrons. The van der Waals surface area contributed by atoms with E-state index in [2.05, 4.69) is 15.5 Å². The van der Waals surface area contributed by atoms with Gasteiger partial charge in [-0.3, -0.25) is 4.79 Å². The van der Waals surface area contributed by atoms with Crippen LogP contribution >= 0.6 is 23.4 Å². The molecule has 3 aromatic rings. The first-order valence-electron chi connectivity index (χ1n) is 9.20. The van der Waals surface area contributed by atoms with Gasteiger partial charge < -0.3 is 14.6 Å². The predicted molar refractivity (Wildman–Crippen MR) is 118 cm³/mol. The van der Waals surface area contributed by atoms with Crippen LogP contribution in [-0.4, -0.2) is 33.5 Å². The summed E-state index contributed by atoms with van der Waals surface area (Å²) in [5.74, 6) is 1.50. The number of hydrogen-bond donors (Lipinski definition) is 1. The van der Waals surface area contributed by atoms with Crippen LogP contribution in [0.3, 0.4) is 0 Å². The molecule has 0 saturated carbocycles. The van der Waals surface area contributed by atoms with E-state index in [-0.39, 0.29) is 11.7 Å². The molecule has 6 nitrogen and oxygen atoms in total. The number of amides is 1. The third-order valence-corrected chi connectivity index (χ3v) is 5.67. The monoisotopic (exact) mass is 430 g/mol. The van der Waals surface area contributed by atoms with Crippen molar-refractivity contribution in [2.45, 2.75) is 32.5 Å². The number of aromatic nitrogens is 3. The summed E-state index contributed by atoms with van der Waals surface area (Å²) in [6.45, 7) is 6.58. The van der Waals surface area contributed by atoms with E-state index in [9.17, 15) is 4.79 Å². The Morgan fingerprint density at radius 2 is 2.00 bits per heavy atom. The number of methoxy groups -OCH3 is 1. The molecule has 1 heterocycles. The summed E-state index contributed by atoms with van der Waals surface area (Å²) in [5, 5.41) is 12.7. The number of benzene rings is 2. The van der Waals surface area contributed by atoms with E-state index in [4.69, 9.17) is 16.3 Å². The van der Waals surface area contributed by atoms with E-state index < -0.39 is 0 Å². The molecule has 0 saturated heterocycles. The van der Waals surface area contributed by atoms with E-state index in [1.54, 1.807) is 7.11 Å². The number of ether oxygens (including phenoxy) is 1. The second-order valence-electron chi connectivity index (χ2n) is 6.53. The third-order valence-electron chi connectivity index (χ3n) is 4.41. The van der Waals surface area contributed by atoms with Crippen molar-refractivity contribution in [1.82, 2.24) is 14.8 Å². The number of carbonyl (C=O) groups excluding carboxylic acids is 1. The third kappa shape index (κ3) is 4.74. The Labute approximate surface area is 179 Å². The molecule has 0 aliphatic carbocycles. The molecule has 0 spiro atoms. The van der Waals surface area contributed by atoms with Gasteiger partial charge in [-0.25, -0.2) is 0 Å². The van der Waals surface area contributed by atoms with Gasteiger partial charge in [0.15, 0.2) is 11.0 Å². The van der Waals surface area contributed by atoms with Crippen molar-refractivity contribution >= 4 is 35.0 Å². The lowest BCUT2D eigenvalue weighted by molar-refractivity contribution is -0.113. The van der Waals surface area contributed by atoms with Gasteiger partial charge >= 0.3 is 0 Å². The van der Waals surface area contributed by atoms with Gasteiger partial charge in [0.05, 0.1) is 29.1 Å². The first-order chi connectivity index (χ1) is 13.9.